The summed E-state index contributed by atoms with van der Waals surface area (Å²) in [7, 11) is 0. The van der Waals surface area contributed by atoms with Crippen molar-refractivity contribution in [1.82, 2.24) is 20.1 Å². The van der Waals surface area contributed by atoms with Crippen LogP contribution in [0.1, 0.15) is 46.0 Å². The minimum atomic E-state index is 0.454. The quantitative estimate of drug-likeness (QED) is 0.856. The van der Waals surface area contributed by atoms with Crippen LogP contribution in [0.15, 0.2) is 12.7 Å². The van der Waals surface area contributed by atoms with Gasteiger partial charge in [0, 0.05) is 12.1 Å². The van der Waals surface area contributed by atoms with E-state index in [0.29, 0.717) is 12.1 Å². The lowest BCUT2D eigenvalue weighted by Gasteiger charge is -2.27. The molecule has 2 saturated carbocycles. The van der Waals surface area contributed by atoms with Crippen LogP contribution in [0.25, 0.3) is 0 Å². The fourth-order valence-electron chi connectivity index (χ4n) is 4.33. The predicted octanol–water partition coefficient (Wildman–Crippen LogP) is 2.47. The highest BCUT2D eigenvalue weighted by atomic mass is 15.3. The molecule has 2 fully saturated rings. The highest BCUT2D eigenvalue weighted by molar-refractivity contribution is 4.91. The Kier molecular flexibility index (Phi) is 3.87. The second-order valence-electron chi connectivity index (χ2n) is 6.76. The van der Waals surface area contributed by atoms with Crippen LogP contribution in [-0.4, -0.2) is 26.8 Å². The highest BCUT2D eigenvalue weighted by Gasteiger charge is 2.39. The molecule has 4 heteroatoms. The zero-order chi connectivity index (χ0) is 13.2. The van der Waals surface area contributed by atoms with E-state index < -0.39 is 0 Å². The van der Waals surface area contributed by atoms with Crippen LogP contribution in [0.5, 0.6) is 0 Å². The molecule has 106 valence electrons. The van der Waals surface area contributed by atoms with Crippen LogP contribution >= 0.6 is 0 Å². The Hall–Kier alpha value is -0.900. The second kappa shape index (κ2) is 5.61. The summed E-state index contributed by atoms with van der Waals surface area (Å²) in [5, 5.41) is 7.88. The molecule has 1 heterocycles. The average molecular weight is 262 g/mol. The summed E-state index contributed by atoms with van der Waals surface area (Å²) < 4.78 is 1.90. The van der Waals surface area contributed by atoms with E-state index >= 15 is 0 Å². The number of nitrogens with zero attached hydrogens (tertiary/aromatic N) is 3. The highest BCUT2D eigenvalue weighted by Crippen LogP contribution is 2.49. The van der Waals surface area contributed by atoms with Gasteiger partial charge in [0.15, 0.2) is 0 Å². The summed E-state index contributed by atoms with van der Waals surface area (Å²) >= 11 is 0. The van der Waals surface area contributed by atoms with Crippen LogP contribution in [0.4, 0.5) is 0 Å². The number of hydrogen-bond acceptors (Lipinski definition) is 3. The van der Waals surface area contributed by atoms with Crippen LogP contribution in [0, 0.1) is 17.8 Å². The lowest BCUT2D eigenvalue weighted by atomic mass is 9.84. The number of fused-ring (bicyclic) bond motifs is 2. The molecular formula is C15H26N4. The molecule has 0 unspecified atom stereocenters. The van der Waals surface area contributed by atoms with Crippen molar-refractivity contribution in [1.29, 1.82) is 0 Å². The molecule has 0 amide bonds. The molecule has 4 nitrogen and oxygen atoms in total. The van der Waals surface area contributed by atoms with Crippen molar-refractivity contribution in [3.05, 3.63) is 12.7 Å². The topological polar surface area (TPSA) is 42.7 Å². The average Bonchev–Trinajstić information content (AvgIpc) is 3.04. The SMILES string of the molecule is C[C@H](C[C@H]1C[C@H]2CC[C@H]1C2)N[C@H](C)Cn1cncn1. The lowest BCUT2D eigenvalue weighted by molar-refractivity contribution is 0.271. The Balaban J connectivity index is 1.42. The maximum atomic E-state index is 4.16. The van der Waals surface area contributed by atoms with Gasteiger partial charge in [0.25, 0.3) is 0 Å². The Labute approximate surface area is 116 Å². The third kappa shape index (κ3) is 3.16. The molecule has 1 N–H and O–H groups in total. The van der Waals surface area contributed by atoms with E-state index in [1.807, 2.05) is 4.68 Å². The smallest absolute Gasteiger partial charge is 0.137 e. The van der Waals surface area contributed by atoms with E-state index in [1.165, 1.54) is 32.1 Å². The van der Waals surface area contributed by atoms with Crippen molar-refractivity contribution in [2.24, 2.45) is 17.8 Å². The first-order valence-corrected chi connectivity index (χ1v) is 7.79. The number of nitrogens with one attached hydrogen (secondary N) is 1. The standard InChI is InChI=1S/C15H26N4/c1-11(5-15-7-13-3-4-14(15)6-13)18-12(2)8-19-10-16-9-17-19/h9-15,18H,3-8H2,1-2H3/t11-,12-,13+,14+,15+/m1/s1. The first kappa shape index (κ1) is 13.1. The Morgan fingerprint density at radius 1 is 1.26 bits per heavy atom. The normalized spacial score (nSPS) is 32.6. The molecule has 1 aromatic rings. The Morgan fingerprint density at radius 2 is 2.16 bits per heavy atom. The minimum Gasteiger partial charge on any atom is -0.310 e. The molecule has 2 aliphatic rings. The molecule has 1 aromatic heterocycles. The molecule has 0 spiro atoms. The van der Waals surface area contributed by atoms with Crippen molar-refractivity contribution >= 4 is 0 Å². The zero-order valence-electron chi connectivity index (χ0n) is 12.1. The van der Waals surface area contributed by atoms with Crippen LogP contribution in [0.3, 0.4) is 0 Å². The molecular weight excluding hydrogens is 236 g/mol. The number of hydrogen-bond donors (Lipinski definition) is 1. The third-order valence-electron chi connectivity index (χ3n) is 5.04. The van der Waals surface area contributed by atoms with E-state index in [9.17, 15) is 0 Å². The summed E-state index contributed by atoms with van der Waals surface area (Å²) in [6.07, 6.45) is 10.8. The lowest BCUT2D eigenvalue weighted by Crippen LogP contribution is -2.39. The summed E-state index contributed by atoms with van der Waals surface area (Å²) in [4.78, 5) is 3.99. The summed E-state index contributed by atoms with van der Waals surface area (Å²) in [6, 6.07) is 1.07. The molecule has 0 radical (unpaired) electrons. The van der Waals surface area contributed by atoms with Gasteiger partial charge in [-0.25, -0.2) is 4.98 Å². The van der Waals surface area contributed by atoms with Gasteiger partial charge in [0.05, 0.1) is 6.54 Å². The van der Waals surface area contributed by atoms with Gasteiger partial charge in [0.1, 0.15) is 12.7 Å². The molecule has 3 rings (SSSR count). The number of rotatable bonds is 6. The van der Waals surface area contributed by atoms with E-state index in [4.69, 9.17) is 0 Å². The maximum Gasteiger partial charge on any atom is 0.137 e. The van der Waals surface area contributed by atoms with Crippen LogP contribution < -0.4 is 5.32 Å². The zero-order valence-corrected chi connectivity index (χ0v) is 12.1. The van der Waals surface area contributed by atoms with Gasteiger partial charge in [-0.2, -0.15) is 5.10 Å². The summed E-state index contributed by atoms with van der Waals surface area (Å²) in [5.41, 5.74) is 0. The van der Waals surface area contributed by atoms with Gasteiger partial charge in [-0.3, -0.25) is 4.68 Å². The van der Waals surface area contributed by atoms with E-state index in [0.717, 1.165) is 24.3 Å². The summed E-state index contributed by atoms with van der Waals surface area (Å²) in [6.45, 7) is 5.48. The van der Waals surface area contributed by atoms with Crippen molar-refractivity contribution in [3.8, 4) is 0 Å². The molecule has 5 atom stereocenters. The maximum absolute atomic E-state index is 4.16. The fourth-order valence-corrected chi connectivity index (χ4v) is 4.33. The molecule has 2 bridgehead atoms. The summed E-state index contributed by atoms with van der Waals surface area (Å²) in [5.74, 6) is 3.09. The first-order valence-electron chi connectivity index (χ1n) is 7.79. The molecule has 19 heavy (non-hydrogen) atoms. The molecule has 0 saturated heterocycles. The molecule has 0 aromatic carbocycles. The van der Waals surface area contributed by atoms with Crippen molar-refractivity contribution in [2.45, 2.75) is 64.6 Å². The second-order valence-corrected chi connectivity index (χ2v) is 6.76. The van der Waals surface area contributed by atoms with Gasteiger partial charge in [-0.15, -0.1) is 0 Å². The Bertz CT molecular complexity index is 389. The number of aromatic nitrogens is 3. The Morgan fingerprint density at radius 3 is 2.79 bits per heavy atom. The van der Waals surface area contributed by atoms with Gasteiger partial charge in [0.2, 0.25) is 0 Å². The van der Waals surface area contributed by atoms with Gasteiger partial charge in [-0.05, 0) is 57.3 Å². The van der Waals surface area contributed by atoms with E-state index in [1.54, 1.807) is 12.7 Å². The van der Waals surface area contributed by atoms with Crippen LogP contribution in [0.2, 0.25) is 0 Å². The van der Waals surface area contributed by atoms with E-state index in [2.05, 4.69) is 29.2 Å². The van der Waals surface area contributed by atoms with Gasteiger partial charge in [-0.1, -0.05) is 6.42 Å². The van der Waals surface area contributed by atoms with Crippen molar-refractivity contribution in [2.75, 3.05) is 0 Å². The molecule has 0 aliphatic heterocycles. The minimum absolute atomic E-state index is 0.454. The van der Waals surface area contributed by atoms with Crippen LogP contribution in [-0.2, 0) is 6.54 Å². The first-order chi connectivity index (χ1) is 9.20. The third-order valence-corrected chi connectivity index (χ3v) is 5.04. The fraction of sp³-hybridized carbons (Fsp3) is 0.867. The monoisotopic (exact) mass is 262 g/mol. The van der Waals surface area contributed by atoms with Gasteiger partial charge >= 0.3 is 0 Å². The predicted molar refractivity (Wildman–Crippen MR) is 75.6 cm³/mol. The van der Waals surface area contributed by atoms with E-state index in [-0.39, 0.29) is 0 Å². The van der Waals surface area contributed by atoms with Crippen molar-refractivity contribution in [3.63, 3.8) is 0 Å². The molecule has 2 aliphatic carbocycles. The van der Waals surface area contributed by atoms with Gasteiger partial charge < -0.3 is 5.32 Å². The largest absolute Gasteiger partial charge is 0.310 e. The van der Waals surface area contributed by atoms with Crippen molar-refractivity contribution < 1.29 is 0 Å².